The maximum Gasteiger partial charge on any atom is 0.270 e. The minimum absolute atomic E-state index is 0.0635. The van der Waals surface area contributed by atoms with Gasteiger partial charge in [-0.3, -0.25) is 9.09 Å². The van der Waals surface area contributed by atoms with E-state index in [0.29, 0.717) is 11.0 Å². The molecule has 7 nitrogen and oxygen atoms in total. The Kier molecular flexibility index (Phi) is 17.5. The van der Waals surface area contributed by atoms with Gasteiger partial charge in [0.1, 0.15) is 19.3 Å². The van der Waals surface area contributed by atoms with Gasteiger partial charge in [-0.2, -0.15) is 0 Å². The highest BCUT2D eigenvalue weighted by Gasteiger charge is 2.27. The molecule has 3 unspecified atom stereocenters. The molecule has 0 aromatic rings. The smallest absolute Gasteiger partial charge is 0.270 e. The van der Waals surface area contributed by atoms with E-state index in [-0.39, 0.29) is 12.7 Å². The number of rotatable bonds is 21. The Labute approximate surface area is 192 Å². The van der Waals surface area contributed by atoms with Crippen molar-refractivity contribution in [3.05, 3.63) is 0 Å². The number of methoxy groups -OCH3 is 1. The second-order valence-electron chi connectivity index (χ2n) is 9.49. The number of ether oxygens (including phenoxy) is 2. The highest BCUT2D eigenvalue weighted by Crippen LogP contribution is 2.41. The molecule has 0 radical (unpaired) electrons. The molecule has 0 amide bonds. The van der Waals surface area contributed by atoms with E-state index in [1.807, 2.05) is 28.1 Å². The van der Waals surface area contributed by atoms with Crippen molar-refractivity contribution in [1.82, 2.24) is 0 Å². The maximum atomic E-state index is 12.3. The average Bonchev–Trinajstić information content (AvgIpc) is 2.68. The van der Waals surface area contributed by atoms with Crippen LogP contribution in [0.5, 0.6) is 0 Å². The standard InChI is InChI=1S/C23H50NO6P/c1-8-10-11-12-13-14-15-16-17-18-22(9-2)29-23(21(3)27-7)30-31(25,26)28-20-19-24(4,5)6/h21-23H,8-20H2,1-7H3/t21-,22?,23?/m1/s1. The second-order valence-corrected chi connectivity index (χ2v) is 10.9. The second kappa shape index (κ2) is 17.5. The fraction of sp³-hybridized carbons (Fsp3) is 1.00. The number of quaternary nitrogens is 1. The normalized spacial score (nSPS) is 17.3. The fourth-order valence-corrected chi connectivity index (χ4v) is 4.00. The SMILES string of the molecule is CCCCCCCCCCCC(CC)OC(OP(=O)([O-])OCC[N+](C)(C)C)[C@@H](C)OC. The first-order valence-corrected chi connectivity index (χ1v) is 13.6. The molecule has 8 heteroatoms. The van der Waals surface area contributed by atoms with Crippen LogP contribution in [0.1, 0.15) is 91.4 Å². The summed E-state index contributed by atoms with van der Waals surface area (Å²) in [6.45, 7) is 6.64. The minimum Gasteiger partial charge on any atom is -0.756 e. The predicted molar refractivity (Wildman–Crippen MR) is 125 cm³/mol. The summed E-state index contributed by atoms with van der Waals surface area (Å²) >= 11 is 0. The first kappa shape index (κ1) is 31.0. The van der Waals surface area contributed by atoms with E-state index in [4.69, 9.17) is 18.5 Å². The lowest BCUT2D eigenvalue weighted by Crippen LogP contribution is -2.38. The molecule has 4 atom stereocenters. The van der Waals surface area contributed by atoms with Crippen molar-refractivity contribution in [2.24, 2.45) is 0 Å². The molecule has 0 aromatic heterocycles. The summed E-state index contributed by atoms with van der Waals surface area (Å²) in [6, 6.07) is 0. The fourth-order valence-electron chi connectivity index (χ4n) is 3.16. The minimum atomic E-state index is -4.49. The van der Waals surface area contributed by atoms with E-state index in [1.54, 1.807) is 6.92 Å². The van der Waals surface area contributed by atoms with Crippen molar-refractivity contribution >= 4 is 7.82 Å². The highest BCUT2D eigenvalue weighted by molar-refractivity contribution is 7.45. The molecular weight excluding hydrogens is 417 g/mol. The summed E-state index contributed by atoms with van der Waals surface area (Å²) in [4.78, 5) is 12.3. The molecule has 0 heterocycles. The van der Waals surface area contributed by atoms with Crippen molar-refractivity contribution in [2.45, 2.75) is 110 Å². The van der Waals surface area contributed by atoms with Crippen LogP contribution in [0, 0.1) is 0 Å². The van der Waals surface area contributed by atoms with Gasteiger partial charge in [0.25, 0.3) is 7.82 Å². The monoisotopic (exact) mass is 467 g/mol. The van der Waals surface area contributed by atoms with Crippen molar-refractivity contribution in [3.8, 4) is 0 Å². The van der Waals surface area contributed by atoms with E-state index >= 15 is 0 Å². The Morgan fingerprint density at radius 3 is 1.97 bits per heavy atom. The zero-order valence-corrected chi connectivity index (χ0v) is 22.2. The van der Waals surface area contributed by atoms with Crippen LogP contribution in [0.25, 0.3) is 0 Å². The molecule has 0 bridgehead atoms. The largest absolute Gasteiger partial charge is 0.756 e. The van der Waals surface area contributed by atoms with Crippen LogP contribution in [-0.2, 0) is 23.1 Å². The van der Waals surface area contributed by atoms with Crippen molar-refractivity contribution < 1.29 is 32.5 Å². The third kappa shape index (κ3) is 18.1. The van der Waals surface area contributed by atoms with Crippen LogP contribution in [0.4, 0.5) is 0 Å². The van der Waals surface area contributed by atoms with E-state index in [1.165, 1.54) is 58.5 Å². The average molecular weight is 468 g/mol. The molecule has 31 heavy (non-hydrogen) atoms. The van der Waals surface area contributed by atoms with Gasteiger partial charge in [0.15, 0.2) is 6.29 Å². The summed E-state index contributed by atoms with van der Waals surface area (Å²) in [5, 5.41) is 0. The Morgan fingerprint density at radius 2 is 1.48 bits per heavy atom. The maximum absolute atomic E-state index is 12.3. The summed E-state index contributed by atoms with van der Waals surface area (Å²) in [5.41, 5.74) is 0. The van der Waals surface area contributed by atoms with Crippen LogP contribution in [0.15, 0.2) is 0 Å². The number of hydrogen-bond acceptors (Lipinski definition) is 6. The Hall–Kier alpha value is -0.0100. The summed E-state index contributed by atoms with van der Waals surface area (Å²) in [5.74, 6) is 0. The first-order chi connectivity index (χ1) is 14.5. The third-order valence-corrected chi connectivity index (χ3v) is 6.38. The van der Waals surface area contributed by atoms with Gasteiger partial charge < -0.3 is 23.4 Å². The molecule has 0 aliphatic rings. The van der Waals surface area contributed by atoms with Crippen molar-refractivity contribution in [1.29, 1.82) is 0 Å². The number of phosphoric ester groups is 1. The van der Waals surface area contributed by atoms with Gasteiger partial charge in [-0.25, -0.2) is 0 Å². The van der Waals surface area contributed by atoms with Gasteiger partial charge in [0, 0.05) is 7.11 Å². The summed E-state index contributed by atoms with van der Waals surface area (Å²) in [6.07, 6.45) is 11.5. The first-order valence-electron chi connectivity index (χ1n) is 12.2. The summed E-state index contributed by atoms with van der Waals surface area (Å²) in [7, 11) is 2.94. The molecule has 0 rings (SSSR count). The number of hydrogen-bond donors (Lipinski definition) is 0. The van der Waals surface area contributed by atoms with E-state index < -0.39 is 20.2 Å². The van der Waals surface area contributed by atoms with Crippen LogP contribution in [-0.4, -0.2) is 64.4 Å². The topological polar surface area (TPSA) is 77.1 Å². The molecule has 0 fully saturated rings. The van der Waals surface area contributed by atoms with Gasteiger partial charge in [0.05, 0.1) is 27.2 Å². The van der Waals surface area contributed by atoms with Gasteiger partial charge in [-0.05, 0) is 19.8 Å². The van der Waals surface area contributed by atoms with Gasteiger partial charge in [-0.1, -0.05) is 71.6 Å². The zero-order valence-electron chi connectivity index (χ0n) is 21.3. The predicted octanol–water partition coefficient (Wildman–Crippen LogP) is 5.27. The van der Waals surface area contributed by atoms with Crippen LogP contribution in [0.3, 0.4) is 0 Å². The zero-order chi connectivity index (χ0) is 23.8. The van der Waals surface area contributed by atoms with Crippen LogP contribution >= 0.6 is 7.82 Å². The molecule has 0 N–H and O–H groups in total. The molecule has 188 valence electrons. The number of likely N-dealkylation sites (N-methyl/N-ethyl adjacent to an activating group) is 1. The molecule has 0 aromatic carbocycles. The Morgan fingerprint density at radius 1 is 0.935 bits per heavy atom. The Balaban J connectivity index is 4.41. The molecule has 0 aliphatic carbocycles. The number of phosphoric acid groups is 1. The highest BCUT2D eigenvalue weighted by atomic mass is 31.2. The molecule has 0 aliphatic heterocycles. The molecular formula is C23H50NO6P. The van der Waals surface area contributed by atoms with Gasteiger partial charge >= 0.3 is 0 Å². The van der Waals surface area contributed by atoms with E-state index in [2.05, 4.69) is 6.92 Å². The third-order valence-electron chi connectivity index (χ3n) is 5.41. The molecule has 0 saturated heterocycles. The van der Waals surface area contributed by atoms with E-state index in [9.17, 15) is 9.46 Å². The van der Waals surface area contributed by atoms with Crippen molar-refractivity contribution in [3.63, 3.8) is 0 Å². The quantitative estimate of drug-likeness (QED) is 0.0990. The number of nitrogens with zero attached hydrogens (tertiary/aromatic N) is 1. The van der Waals surface area contributed by atoms with Crippen LogP contribution in [0.2, 0.25) is 0 Å². The lowest BCUT2D eigenvalue weighted by molar-refractivity contribution is -0.870. The van der Waals surface area contributed by atoms with E-state index in [0.717, 1.165) is 19.3 Å². The van der Waals surface area contributed by atoms with Gasteiger partial charge in [0.2, 0.25) is 0 Å². The number of unbranched alkanes of at least 4 members (excludes halogenated alkanes) is 8. The van der Waals surface area contributed by atoms with Crippen LogP contribution < -0.4 is 4.89 Å². The summed E-state index contributed by atoms with van der Waals surface area (Å²) < 4.78 is 34.5. The van der Waals surface area contributed by atoms with Gasteiger partial charge in [-0.15, -0.1) is 0 Å². The molecule has 0 spiro atoms. The lowest BCUT2D eigenvalue weighted by atomic mass is 10.0. The van der Waals surface area contributed by atoms with Crippen molar-refractivity contribution in [2.75, 3.05) is 41.4 Å². The lowest BCUT2D eigenvalue weighted by Gasteiger charge is -2.33. The Bertz CT molecular complexity index is 471. The molecule has 0 saturated carbocycles.